The van der Waals surface area contributed by atoms with Gasteiger partial charge in [0.2, 0.25) is 5.91 Å². The molecule has 3 heteroatoms. The second-order valence-corrected chi connectivity index (χ2v) is 3.38. The van der Waals surface area contributed by atoms with Crippen LogP contribution >= 0.6 is 0 Å². The Balaban J connectivity index is 3.05. The van der Waals surface area contributed by atoms with E-state index in [0.717, 1.165) is 17.0 Å². The first-order valence-corrected chi connectivity index (χ1v) is 5.29. The Morgan fingerprint density at radius 2 is 2.31 bits per heavy atom. The first kappa shape index (κ1) is 12.3. The highest BCUT2D eigenvalue weighted by Crippen LogP contribution is 2.27. The molecule has 1 N–H and O–H groups in total. The van der Waals surface area contributed by atoms with Crippen molar-refractivity contribution in [3.05, 3.63) is 36.4 Å². The van der Waals surface area contributed by atoms with Gasteiger partial charge in [-0.3, -0.25) is 4.79 Å². The molecule has 0 radical (unpaired) electrons. The van der Waals surface area contributed by atoms with E-state index in [9.17, 15) is 4.79 Å². The van der Waals surface area contributed by atoms with Crippen LogP contribution in [-0.4, -0.2) is 13.0 Å². The number of anilines is 1. The van der Waals surface area contributed by atoms with E-state index >= 15 is 0 Å². The number of hydrogen-bond donors (Lipinski definition) is 1. The van der Waals surface area contributed by atoms with Crippen molar-refractivity contribution in [1.29, 1.82) is 0 Å². The number of allylic oxidation sites excluding steroid dienone is 1. The summed E-state index contributed by atoms with van der Waals surface area (Å²) in [5.74, 6) is 0.771. The van der Waals surface area contributed by atoms with E-state index in [1.54, 1.807) is 13.2 Å². The van der Waals surface area contributed by atoms with Gasteiger partial charge in [0.1, 0.15) is 5.75 Å². The third-order valence-electron chi connectivity index (χ3n) is 2.30. The molecule has 0 unspecified atom stereocenters. The molecule has 86 valence electrons. The van der Waals surface area contributed by atoms with E-state index in [1.165, 1.54) is 0 Å². The average molecular weight is 219 g/mol. The van der Waals surface area contributed by atoms with Gasteiger partial charge in [0, 0.05) is 17.7 Å². The summed E-state index contributed by atoms with van der Waals surface area (Å²) in [5, 5.41) is 2.85. The Morgan fingerprint density at radius 3 is 2.88 bits per heavy atom. The number of rotatable bonds is 5. The Bertz CT molecular complexity index is 386. The molecule has 0 bridgehead atoms. The number of benzene rings is 1. The molecule has 0 saturated carbocycles. The molecule has 1 amide bonds. The van der Waals surface area contributed by atoms with Crippen molar-refractivity contribution in [1.82, 2.24) is 0 Å². The van der Waals surface area contributed by atoms with Gasteiger partial charge < -0.3 is 10.1 Å². The zero-order chi connectivity index (χ0) is 12.0. The fraction of sp³-hybridized carbons (Fsp3) is 0.308. The monoisotopic (exact) mass is 219 g/mol. The molecule has 0 spiro atoms. The zero-order valence-electron chi connectivity index (χ0n) is 9.75. The van der Waals surface area contributed by atoms with Crippen molar-refractivity contribution < 1.29 is 9.53 Å². The molecule has 0 aliphatic rings. The number of carbonyl (C=O) groups is 1. The first-order chi connectivity index (χ1) is 7.72. The van der Waals surface area contributed by atoms with Crippen LogP contribution in [0.2, 0.25) is 0 Å². The summed E-state index contributed by atoms with van der Waals surface area (Å²) in [4.78, 5) is 11.4. The maximum atomic E-state index is 11.4. The van der Waals surface area contributed by atoms with Gasteiger partial charge in [0.05, 0.1) is 7.11 Å². The smallest absolute Gasteiger partial charge is 0.224 e. The second kappa shape index (κ2) is 5.95. The highest BCUT2D eigenvalue weighted by molar-refractivity contribution is 5.91. The minimum Gasteiger partial charge on any atom is -0.496 e. The molecule has 1 aromatic carbocycles. The van der Waals surface area contributed by atoms with Gasteiger partial charge in [-0.15, -0.1) is 6.58 Å². The summed E-state index contributed by atoms with van der Waals surface area (Å²) in [6.07, 6.45) is 2.92. The maximum absolute atomic E-state index is 11.4. The molecule has 0 aliphatic heterocycles. The van der Waals surface area contributed by atoms with Crippen molar-refractivity contribution in [3.8, 4) is 5.75 Å². The Kier molecular flexibility index (Phi) is 4.58. The third-order valence-corrected chi connectivity index (χ3v) is 2.30. The van der Waals surface area contributed by atoms with Crippen LogP contribution in [0.15, 0.2) is 30.9 Å². The predicted octanol–water partition coefficient (Wildman–Crippen LogP) is 2.77. The van der Waals surface area contributed by atoms with E-state index in [1.807, 2.05) is 25.1 Å². The number of carbonyl (C=O) groups excluding carboxylic acids is 1. The van der Waals surface area contributed by atoms with Crippen molar-refractivity contribution in [2.75, 3.05) is 12.4 Å². The van der Waals surface area contributed by atoms with Crippen molar-refractivity contribution in [2.24, 2.45) is 0 Å². The summed E-state index contributed by atoms with van der Waals surface area (Å²) < 4.78 is 5.25. The Hall–Kier alpha value is -1.77. The average Bonchev–Trinajstić information content (AvgIpc) is 2.31. The van der Waals surface area contributed by atoms with Crippen LogP contribution in [-0.2, 0) is 11.2 Å². The van der Waals surface area contributed by atoms with Gasteiger partial charge in [-0.1, -0.05) is 19.1 Å². The Labute approximate surface area is 96.1 Å². The number of ether oxygens (including phenoxy) is 1. The number of hydrogen-bond acceptors (Lipinski definition) is 2. The van der Waals surface area contributed by atoms with Crippen LogP contribution in [0, 0.1) is 0 Å². The maximum Gasteiger partial charge on any atom is 0.224 e. The van der Waals surface area contributed by atoms with Crippen LogP contribution in [0.1, 0.15) is 18.9 Å². The summed E-state index contributed by atoms with van der Waals surface area (Å²) in [6, 6.07) is 5.60. The minimum atomic E-state index is -0.00133. The second-order valence-electron chi connectivity index (χ2n) is 3.38. The standard InChI is InChI=1S/C13H17NO2/c1-4-7-10-11(14-13(15)5-2)8-6-9-12(10)16-3/h4,6,8-9H,1,5,7H2,2-3H3,(H,14,15). The lowest BCUT2D eigenvalue weighted by Crippen LogP contribution is -2.11. The predicted molar refractivity (Wildman–Crippen MR) is 65.8 cm³/mol. The molecule has 1 aromatic rings. The van der Waals surface area contributed by atoms with Gasteiger partial charge in [-0.2, -0.15) is 0 Å². The molecule has 0 heterocycles. The highest BCUT2D eigenvalue weighted by atomic mass is 16.5. The molecule has 0 atom stereocenters. The van der Waals surface area contributed by atoms with Crippen LogP contribution in [0.3, 0.4) is 0 Å². The van der Waals surface area contributed by atoms with Crippen LogP contribution in [0.25, 0.3) is 0 Å². The van der Waals surface area contributed by atoms with E-state index in [2.05, 4.69) is 11.9 Å². The van der Waals surface area contributed by atoms with E-state index in [4.69, 9.17) is 4.74 Å². The molecular formula is C13H17NO2. The fourth-order valence-corrected chi connectivity index (χ4v) is 1.47. The van der Waals surface area contributed by atoms with Crippen molar-refractivity contribution in [2.45, 2.75) is 19.8 Å². The normalized spacial score (nSPS) is 9.62. The molecule has 0 aromatic heterocycles. The van der Waals surface area contributed by atoms with Crippen LogP contribution < -0.4 is 10.1 Å². The third kappa shape index (κ3) is 2.86. The highest BCUT2D eigenvalue weighted by Gasteiger charge is 2.09. The first-order valence-electron chi connectivity index (χ1n) is 5.29. The molecule has 0 aliphatic carbocycles. The number of amides is 1. The molecule has 0 saturated heterocycles. The van der Waals surface area contributed by atoms with Crippen LogP contribution in [0.4, 0.5) is 5.69 Å². The summed E-state index contributed by atoms with van der Waals surface area (Å²) in [7, 11) is 1.62. The number of nitrogens with one attached hydrogen (secondary N) is 1. The lowest BCUT2D eigenvalue weighted by atomic mass is 10.1. The van der Waals surface area contributed by atoms with Gasteiger partial charge in [0.15, 0.2) is 0 Å². The summed E-state index contributed by atoms with van der Waals surface area (Å²) in [6.45, 7) is 5.53. The number of methoxy groups -OCH3 is 1. The quantitative estimate of drug-likeness (QED) is 0.773. The molecule has 0 fully saturated rings. The van der Waals surface area contributed by atoms with Crippen molar-refractivity contribution >= 4 is 11.6 Å². The lowest BCUT2D eigenvalue weighted by Gasteiger charge is -2.13. The molecule has 1 rings (SSSR count). The summed E-state index contributed by atoms with van der Waals surface area (Å²) in [5.41, 5.74) is 1.76. The zero-order valence-corrected chi connectivity index (χ0v) is 9.75. The fourth-order valence-electron chi connectivity index (χ4n) is 1.47. The molecular weight excluding hydrogens is 202 g/mol. The lowest BCUT2D eigenvalue weighted by molar-refractivity contribution is -0.115. The largest absolute Gasteiger partial charge is 0.496 e. The van der Waals surface area contributed by atoms with Crippen LogP contribution in [0.5, 0.6) is 5.75 Å². The van der Waals surface area contributed by atoms with Gasteiger partial charge >= 0.3 is 0 Å². The molecule has 16 heavy (non-hydrogen) atoms. The Morgan fingerprint density at radius 1 is 1.56 bits per heavy atom. The molecule has 3 nitrogen and oxygen atoms in total. The minimum absolute atomic E-state index is 0.00133. The van der Waals surface area contributed by atoms with E-state index in [0.29, 0.717) is 12.8 Å². The van der Waals surface area contributed by atoms with E-state index in [-0.39, 0.29) is 5.91 Å². The SMILES string of the molecule is C=CCc1c(NC(=O)CC)cccc1OC. The van der Waals surface area contributed by atoms with Gasteiger partial charge in [0.25, 0.3) is 0 Å². The van der Waals surface area contributed by atoms with Gasteiger partial charge in [-0.05, 0) is 18.6 Å². The van der Waals surface area contributed by atoms with Gasteiger partial charge in [-0.25, -0.2) is 0 Å². The summed E-state index contributed by atoms with van der Waals surface area (Å²) >= 11 is 0. The van der Waals surface area contributed by atoms with E-state index < -0.39 is 0 Å². The van der Waals surface area contributed by atoms with Crippen molar-refractivity contribution in [3.63, 3.8) is 0 Å². The topological polar surface area (TPSA) is 38.3 Å².